The lowest BCUT2D eigenvalue weighted by atomic mass is 9.87. The van der Waals surface area contributed by atoms with Gasteiger partial charge in [0.05, 0.1) is 5.69 Å². The molecule has 1 saturated heterocycles. The summed E-state index contributed by atoms with van der Waals surface area (Å²) in [7, 11) is 0. The fraction of sp³-hybridized carbons (Fsp3) is 0.346. The Labute approximate surface area is 205 Å². The quantitative estimate of drug-likeness (QED) is 0.367. The van der Waals surface area contributed by atoms with Gasteiger partial charge in [-0.3, -0.25) is 14.7 Å². The van der Waals surface area contributed by atoms with E-state index in [9.17, 15) is 26.7 Å². The second-order valence-electron chi connectivity index (χ2n) is 9.06. The van der Waals surface area contributed by atoms with Gasteiger partial charge >= 0.3 is 6.43 Å². The molecule has 1 aliphatic heterocycles. The van der Waals surface area contributed by atoms with Gasteiger partial charge in [-0.1, -0.05) is 18.2 Å². The lowest BCUT2D eigenvalue weighted by Gasteiger charge is -2.33. The first-order chi connectivity index (χ1) is 17.2. The maximum absolute atomic E-state index is 13.9. The number of carbonyl (C=O) groups excluding carboxylic acids is 1. The van der Waals surface area contributed by atoms with Crippen molar-refractivity contribution in [1.29, 1.82) is 0 Å². The Balaban J connectivity index is 1.47. The second-order valence-corrected chi connectivity index (χ2v) is 9.06. The number of halogens is 5. The lowest BCUT2D eigenvalue weighted by Crippen LogP contribution is -2.47. The molecule has 3 heterocycles. The zero-order chi connectivity index (χ0) is 25.9. The van der Waals surface area contributed by atoms with Gasteiger partial charge in [-0.15, -0.1) is 0 Å². The first-order valence-corrected chi connectivity index (χ1v) is 11.5. The average Bonchev–Trinajstić information content (AvgIpc) is 2.87. The Kier molecular flexibility index (Phi) is 7.63. The molecule has 1 aliphatic rings. The molecule has 5 nitrogen and oxygen atoms in total. The van der Waals surface area contributed by atoms with Crippen LogP contribution in [0.4, 0.5) is 22.0 Å². The number of hydrogen-bond donors (Lipinski definition) is 1. The second kappa shape index (κ2) is 10.7. The van der Waals surface area contributed by atoms with E-state index in [2.05, 4.69) is 20.2 Å². The van der Waals surface area contributed by atoms with E-state index in [-0.39, 0.29) is 11.3 Å². The highest BCUT2D eigenvalue weighted by Crippen LogP contribution is 2.31. The van der Waals surface area contributed by atoms with Crippen LogP contribution in [0.5, 0.6) is 0 Å². The number of hydrogen-bond acceptors (Lipinski definition) is 4. The molecule has 1 atom stereocenters. The number of nitrogens with zero attached hydrogens (tertiary/aromatic N) is 3. The van der Waals surface area contributed by atoms with E-state index >= 15 is 0 Å². The van der Waals surface area contributed by atoms with E-state index in [1.54, 1.807) is 30.6 Å². The van der Waals surface area contributed by atoms with Crippen molar-refractivity contribution in [1.82, 2.24) is 20.2 Å². The topological polar surface area (TPSA) is 58.1 Å². The maximum Gasteiger partial charge on any atom is 0.315 e. The van der Waals surface area contributed by atoms with Crippen LogP contribution in [0.3, 0.4) is 0 Å². The molecule has 2 aromatic heterocycles. The first kappa shape index (κ1) is 25.7. The van der Waals surface area contributed by atoms with Crippen molar-refractivity contribution < 1.29 is 26.7 Å². The number of carbonyl (C=O) groups is 1. The molecular weight excluding hydrogens is 479 g/mol. The standard InChI is InChI=1S/C26H25F5N4O/c1-26(34-25(36)24(30)31,19-4-5-20(27)21(28)12-19)22-6-2-16(13-32-22)15-35-10-8-17(9-11-35)18-3-7-23(29)33-14-18/h2-7,12-14,17,24H,8-11,15H2,1H3,(H,34,36). The third-order valence-electron chi connectivity index (χ3n) is 6.62. The van der Waals surface area contributed by atoms with E-state index in [0.29, 0.717) is 12.5 Å². The molecule has 0 spiro atoms. The molecule has 1 amide bonds. The summed E-state index contributed by atoms with van der Waals surface area (Å²) in [5, 5.41) is 2.22. The number of amides is 1. The largest absolute Gasteiger partial charge is 0.336 e. The Morgan fingerprint density at radius 1 is 1.03 bits per heavy atom. The molecule has 0 aliphatic carbocycles. The summed E-state index contributed by atoms with van der Waals surface area (Å²) < 4.78 is 66.5. The van der Waals surface area contributed by atoms with Gasteiger partial charge in [-0.05, 0) is 79.7 Å². The minimum absolute atomic E-state index is 0.0769. The van der Waals surface area contributed by atoms with Crippen molar-refractivity contribution >= 4 is 5.91 Å². The van der Waals surface area contributed by atoms with Crippen LogP contribution in [0.2, 0.25) is 0 Å². The molecule has 10 heteroatoms. The number of likely N-dealkylation sites (tertiary alicyclic amines) is 1. The number of piperidine rings is 1. The predicted octanol–water partition coefficient (Wildman–Crippen LogP) is 4.92. The molecule has 36 heavy (non-hydrogen) atoms. The summed E-state index contributed by atoms with van der Waals surface area (Å²) in [6, 6.07) is 9.44. The Morgan fingerprint density at radius 2 is 1.78 bits per heavy atom. The molecule has 1 N–H and O–H groups in total. The fourth-order valence-corrected chi connectivity index (χ4v) is 4.52. The van der Waals surface area contributed by atoms with Gasteiger partial charge in [-0.25, -0.2) is 13.8 Å². The molecule has 1 aromatic carbocycles. The molecular formula is C26H25F5N4O. The van der Waals surface area contributed by atoms with Gasteiger partial charge < -0.3 is 5.32 Å². The van der Waals surface area contributed by atoms with E-state index in [0.717, 1.165) is 49.2 Å². The zero-order valence-electron chi connectivity index (χ0n) is 19.5. The molecule has 4 rings (SSSR count). The van der Waals surface area contributed by atoms with Gasteiger partial charge in [0.1, 0.15) is 5.54 Å². The zero-order valence-corrected chi connectivity index (χ0v) is 19.5. The van der Waals surface area contributed by atoms with Crippen LogP contribution < -0.4 is 5.32 Å². The molecule has 3 aromatic rings. The molecule has 1 fully saturated rings. The van der Waals surface area contributed by atoms with Crippen LogP contribution in [0.1, 0.15) is 48.1 Å². The summed E-state index contributed by atoms with van der Waals surface area (Å²) in [5.41, 5.74) is 0.557. The molecule has 0 saturated carbocycles. The Morgan fingerprint density at radius 3 is 2.36 bits per heavy atom. The summed E-state index contributed by atoms with van der Waals surface area (Å²) in [4.78, 5) is 22.2. The fourth-order valence-electron chi connectivity index (χ4n) is 4.52. The average molecular weight is 505 g/mol. The maximum atomic E-state index is 13.9. The van der Waals surface area contributed by atoms with Crippen molar-refractivity contribution in [2.24, 2.45) is 0 Å². The monoisotopic (exact) mass is 504 g/mol. The molecule has 1 unspecified atom stereocenters. The van der Waals surface area contributed by atoms with Crippen molar-refractivity contribution in [2.45, 2.75) is 44.2 Å². The summed E-state index contributed by atoms with van der Waals surface area (Å²) >= 11 is 0. The number of alkyl halides is 2. The molecule has 0 radical (unpaired) electrons. The first-order valence-electron chi connectivity index (χ1n) is 11.5. The van der Waals surface area contributed by atoms with Gasteiger partial charge in [-0.2, -0.15) is 13.2 Å². The van der Waals surface area contributed by atoms with Gasteiger partial charge in [0.15, 0.2) is 11.6 Å². The van der Waals surface area contributed by atoms with Crippen LogP contribution in [-0.4, -0.2) is 40.3 Å². The minimum atomic E-state index is -3.29. The third-order valence-corrected chi connectivity index (χ3v) is 6.62. The van der Waals surface area contributed by atoms with Crippen LogP contribution in [0.15, 0.2) is 54.9 Å². The Bertz CT molecular complexity index is 1200. The van der Waals surface area contributed by atoms with E-state index in [1.807, 2.05) is 0 Å². The molecule has 0 bridgehead atoms. The summed E-state index contributed by atoms with van der Waals surface area (Å²) in [6.45, 7) is 3.66. The number of nitrogens with one attached hydrogen (secondary N) is 1. The van der Waals surface area contributed by atoms with Gasteiger partial charge in [0.25, 0.3) is 5.91 Å². The summed E-state index contributed by atoms with van der Waals surface area (Å²) in [5.74, 6) is -4.00. The number of aromatic nitrogens is 2. The number of rotatable bonds is 7. The van der Waals surface area contributed by atoms with Crippen LogP contribution >= 0.6 is 0 Å². The highest BCUT2D eigenvalue weighted by atomic mass is 19.3. The lowest BCUT2D eigenvalue weighted by molar-refractivity contribution is -0.133. The van der Waals surface area contributed by atoms with Gasteiger partial charge in [0.2, 0.25) is 5.95 Å². The van der Waals surface area contributed by atoms with E-state index in [1.165, 1.54) is 19.1 Å². The normalized spacial score (nSPS) is 16.6. The number of pyridine rings is 2. The van der Waals surface area contributed by atoms with E-state index in [4.69, 9.17) is 0 Å². The van der Waals surface area contributed by atoms with Crippen molar-refractivity contribution in [2.75, 3.05) is 13.1 Å². The van der Waals surface area contributed by atoms with Crippen molar-refractivity contribution in [3.63, 3.8) is 0 Å². The minimum Gasteiger partial charge on any atom is -0.336 e. The molecule has 190 valence electrons. The predicted molar refractivity (Wildman–Crippen MR) is 123 cm³/mol. The van der Waals surface area contributed by atoms with Crippen LogP contribution in [-0.2, 0) is 16.9 Å². The smallest absolute Gasteiger partial charge is 0.315 e. The van der Waals surface area contributed by atoms with Crippen molar-refractivity contribution in [3.05, 3.63) is 94.8 Å². The number of benzene rings is 1. The van der Waals surface area contributed by atoms with Gasteiger partial charge in [0, 0.05) is 18.9 Å². The SMILES string of the molecule is CC(NC(=O)C(F)F)(c1ccc(F)c(F)c1)c1ccc(CN2CCC(c3ccc(F)nc3)CC2)cn1. The van der Waals surface area contributed by atoms with Crippen LogP contribution in [0, 0.1) is 17.6 Å². The Hall–Kier alpha value is -3.40. The third kappa shape index (κ3) is 5.70. The summed E-state index contributed by atoms with van der Waals surface area (Å²) in [6.07, 6.45) is 1.66. The highest BCUT2D eigenvalue weighted by Gasteiger charge is 2.35. The van der Waals surface area contributed by atoms with Crippen LogP contribution in [0.25, 0.3) is 0 Å². The highest BCUT2D eigenvalue weighted by molar-refractivity contribution is 5.80. The van der Waals surface area contributed by atoms with Crippen molar-refractivity contribution in [3.8, 4) is 0 Å². The van der Waals surface area contributed by atoms with E-state index < -0.39 is 35.5 Å².